The average molecular weight is 192 g/mol. The van der Waals surface area contributed by atoms with E-state index in [0.29, 0.717) is 17.4 Å². The lowest BCUT2D eigenvalue weighted by molar-refractivity contribution is 0.956. The summed E-state index contributed by atoms with van der Waals surface area (Å²) < 4.78 is 0. The predicted molar refractivity (Wildman–Crippen MR) is 54.9 cm³/mol. The van der Waals surface area contributed by atoms with E-state index >= 15 is 0 Å². The molecule has 0 spiro atoms. The van der Waals surface area contributed by atoms with Gasteiger partial charge in [-0.3, -0.25) is 5.10 Å². The summed E-state index contributed by atoms with van der Waals surface area (Å²) >= 11 is 0. The summed E-state index contributed by atoms with van der Waals surface area (Å²) in [4.78, 5) is 8.32. The number of aromatic amines is 1. The van der Waals surface area contributed by atoms with Crippen LogP contribution in [0.3, 0.4) is 0 Å². The average Bonchev–Trinajstić information content (AvgIpc) is 2.63. The van der Waals surface area contributed by atoms with Crippen LogP contribution in [0.1, 0.15) is 13.3 Å². The van der Waals surface area contributed by atoms with Crippen LogP contribution in [0.2, 0.25) is 0 Å². The molecule has 14 heavy (non-hydrogen) atoms. The second-order valence-electron chi connectivity index (χ2n) is 2.99. The SMILES string of the molecule is CCCNc1nc(N)c2cn[nH]c2n1. The topological polar surface area (TPSA) is 92.5 Å². The first kappa shape index (κ1) is 8.74. The summed E-state index contributed by atoms with van der Waals surface area (Å²) in [5.41, 5.74) is 6.39. The number of anilines is 2. The number of aromatic nitrogens is 4. The minimum atomic E-state index is 0.447. The number of H-pyrrole nitrogens is 1. The van der Waals surface area contributed by atoms with Gasteiger partial charge >= 0.3 is 0 Å². The van der Waals surface area contributed by atoms with Crippen molar-refractivity contribution in [3.8, 4) is 0 Å². The van der Waals surface area contributed by atoms with Crippen molar-refractivity contribution in [3.05, 3.63) is 6.20 Å². The normalized spacial score (nSPS) is 10.6. The Morgan fingerprint density at radius 2 is 2.36 bits per heavy atom. The van der Waals surface area contributed by atoms with Crippen molar-refractivity contribution >= 4 is 22.8 Å². The number of hydrogen-bond donors (Lipinski definition) is 3. The van der Waals surface area contributed by atoms with Crippen LogP contribution in [-0.2, 0) is 0 Å². The Kier molecular flexibility index (Phi) is 2.18. The highest BCUT2D eigenvalue weighted by atomic mass is 15.2. The number of rotatable bonds is 3. The van der Waals surface area contributed by atoms with Crippen LogP contribution in [0.5, 0.6) is 0 Å². The molecule has 0 amide bonds. The first-order valence-electron chi connectivity index (χ1n) is 4.51. The maximum atomic E-state index is 5.72. The summed E-state index contributed by atoms with van der Waals surface area (Å²) in [6.45, 7) is 2.91. The summed E-state index contributed by atoms with van der Waals surface area (Å²) in [6.07, 6.45) is 2.64. The van der Waals surface area contributed by atoms with E-state index in [1.165, 1.54) is 0 Å². The Balaban J connectivity index is 2.38. The van der Waals surface area contributed by atoms with E-state index in [2.05, 4.69) is 32.4 Å². The zero-order chi connectivity index (χ0) is 9.97. The molecule has 0 aliphatic heterocycles. The number of fused-ring (bicyclic) bond motifs is 1. The molecule has 0 radical (unpaired) electrons. The minimum Gasteiger partial charge on any atom is -0.383 e. The van der Waals surface area contributed by atoms with Crippen molar-refractivity contribution in [3.63, 3.8) is 0 Å². The lowest BCUT2D eigenvalue weighted by atomic mass is 10.4. The largest absolute Gasteiger partial charge is 0.383 e. The Morgan fingerprint density at radius 1 is 1.50 bits per heavy atom. The third-order valence-corrected chi connectivity index (χ3v) is 1.87. The van der Waals surface area contributed by atoms with Gasteiger partial charge in [-0.05, 0) is 6.42 Å². The first-order valence-corrected chi connectivity index (χ1v) is 4.51. The van der Waals surface area contributed by atoms with Gasteiger partial charge in [0, 0.05) is 6.54 Å². The molecule has 6 nitrogen and oxygen atoms in total. The zero-order valence-electron chi connectivity index (χ0n) is 7.91. The highest BCUT2D eigenvalue weighted by Crippen LogP contribution is 2.16. The third kappa shape index (κ3) is 1.46. The second-order valence-corrected chi connectivity index (χ2v) is 2.99. The molecule has 0 aromatic carbocycles. The number of nitrogens with zero attached hydrogens (tertiary/aromatic N) is 3. The lowest BCUT2D eigenvalue weighted by Crippen LogP contribution is -2.06. The fourth-order valence-electron chi connectivity index (χ4n) is 1.17. The highest BCUT2D eigenvalue weighted by Gasteiger charge is 2.05. The molecule has 2 rings (SSSR count). The number of nitrogens with one attached hydrogen (secondary N) is 2. The van der Waals surface area contributed by atoms with Crippen LogP contribution in [0.15, 0.2) is 6.20 Å². The summed E-state index contributed by atoms with van der Waals surface area (Å²) in [5.74, 6) is 0.989. The molecule has 0 bridgehead atoms. The zero-order valence-corrected chi connectivity index (χ0v) is 7.91. The molecule has 0 aliphatic rings. The van der Waals surface area contributed by atoms with Crippen LogP contribution in [0.4, 0.5) is 11.8 Å². The van der Waals surface area contributed by atoms with Crippen LogP contribution in [-0.4, -0.2) is 26.7 Å². The van der Waals surface area contributed by atoms with Crippen molar-refractivity contribution in [2.75, 3.05) is 17.6 Å². The fraction of sp³-hybridized carbons (Fsp3) is 0.375. The van der Waals surface area contributed by atoms with E-state index in [1.54, 1.807) is 6.20 Å². The molecular formula is C8H12N6. The number of hydrogen-bond acceptors (Lipinski definition) is 5. The van der Waals surface area contributed by atoms with Gasteiger partial charge in [0.15, 0.2) is 5.65 Å². The lowest BCUT2D eigenvalue weighted by Gasteiger charge is -2.03. The molecule has 2 aromatic heterocycles. The van der Waals surface area contributed by atoms with Crippen molar-refractivity contribution in [2.24, 2.45) is 0 Å². The fourth-order valence-corrected chi connectivity index (χ4v) is 1.17. The van der Waals surface area contributed by atoms with Gasteiger partial charge in [-0.15, -0.1) is 0 Å². The predicted octanol–water partition coefficient (Wildman–Crippen LogP) is 0.757. The molecule has 2 aromatic rings. The molecule has 74 valence electrons. The summed E-state index contributed by atoms with van der Waals surface area (Å²) in [5, 5.41) is 10.4. The van der Waals surface area contributed by atoms with Gasteiger partial charge in [-0.1, -0.05) is 6.92 Å². The molecule has 6 heteroatoms. The van der Waals surface area contributed by atoms with Gasteiger partial charge in [-0.2, -0.15) is 15.1 Å². The first-order chi connectivity index (χ1) is 6.81. The standard InChI is InChI=1S/C8H12N6/c1-2-3-10-8-12-6(9)5-4-11-14-7(5)13-8/h4H,2-3H2,1H3,(H4,9,10,11,12,13,14). The molecule has 0 atom stereocenters. The highest BCUT2D eigenvalue weighted by molar-refractivity contribution is 5.85. The van der Waals surface area contributed by atoms with Gasteiger partial charge in [-0.25, -0.2) is 0 Å². The third-order valence-electron chi connectivity index (χ3n) is 1.87. The molecule has 0 saturated heterocycles. The van der Waals surface area contributed by atoms with E-state index in [-0.39, 0.29) is 0 Å². The Bertz CT molecular complexity index is 434. The molecule has 2 heterocycles. The van der Waals surface area contributed by atoms with Gasteiger partial charge < -0.3 is 11.1 Å². The van der Waals surface area contributed by atoms with E-state index in [4.69, 9.17) is 5.73 Å². The van der Waals surface area contributed by atoms with Crippen LogP contribution >= 0.6 is 0 Å². The molecule has 0 aliphatic carbocycles. The molecular weight excluding hydrogens is 180 g/mol. The summed E-state index contributed by atoms with van der Waals surface area (Å²) in [6, 6.07) is 0. The quantitative estimate of drug-likeness (QED) is 0.667. The van der Waals surface area contributed by atoms with Crippen molar-refractivity contribution in [1.29, 1.82) is 0 Å². The number of nitrogens with two attached hydrogens (primary N) is 1. The van der Waals surface area contributed by atoms with Gasteiger partial charge in [0.05, 0.1) is 11.6 Å². The van der Waals surface area contributed by atoms with E-state index in [1.807, 2.05) is 0 Å². The van der Waals surface area contributed by atoms with E-state index in [0.717, 1.165) is 18.4 Å². The van der Waals surface area contributed by atoms with Crippen LogP contribution in [0, 0.1) is 0 Å². The Morgan fingerprint density at radius 3 is 3.14 bits per heavy atom. The van der Waals surface area contributed by atoms with Crippen molar-refractivity contribution < 1.29 is 0 Å². The smallest absolute Gasteiger partial charge is 0.226 e. The van der Waals surface area contributed by atoms with Gasteiger partial charge in [0.25, 0.3) is 0 Å². The molecule has 0 saturated carbocycles. The monoisotopic (exact) mass is 192 g/mol. The summed E-state index contributed by atoms with van der Waals surface area (Å²) in [7, 11) is 0. The van der Waals surface area contributed by atoms with E-state index < -0.39 is 0 Å². The Labute approximate surface area is 80.9 Å². The van der Waals surface area contributed by atoms with Crippen LogP contribution < -0.4 is 11.1 Å². The Hall–Kier alpha value is -1.85. The van der Waals surface area contributed by atoms with Crippen LogP contribution in [0.25, 0.3) is 11.0 Å². The van der Waals surface area contributed by atoms with Gasteiger partial charge in [0.2, 0.25) is 5.95 Å². The number of nitrogen functional groups attached to an aromatic ring is 1. The van der Waals surface area contributed by atoms with Crippen molar-refractivity contribution in [2.45, 2.75) is 13.3 Å². The minimum absolute atomic E-state index is 0.447. The van der Waals surface area contributed by atoms with E-state index in [9.17, 15) is 0 Å². The maximum absolute atomic E-state index is 5.72. The molecule has 4 N–H and O–H groups in total. The van der Waals surface area contributed by atoms with Gasteiger partial charge in [0.1, 0.15) is 5.82 Å². The molecule has 0 unspecified atom stereocenters. The molecule has 0 fully saturated rings. The van der Waals surface area contributed by atoms with Crippen molar-refractivity contribution in [1.82, 2.24) is 20.2 Å². The second kappa shape index (κ2) is 3.49. The maximum Gasteiger partial charge on any atom is 0.226 e.